The van der Waals surface area contributed by atoms with Crippen molar-refractivity contribution < 1.29 is 0 Å². The van der Waals surface area contributed by atoms with Gasteiger partial charge in [-0.1, -0.05) is 49.1 Å². The highest BCUT2D eigenvalue weighted by atomic mass is 32.1. The molecule has 0 aliphatic rings. The predicted octanol–water partition coefficient (Wildman–Crippen LogP) is 1.40. The number of hydrogen-bond donors (Lipinski definition) is 2. The third-order valence-corrected chi connectivity index (χ3v) is 4.32. The topological polar surface area (TPSA) is 50.4 Å². The number of thiocarbonyl (C=S) groups is 1. The van der Waals surface area contributed by atoms with Crippen LogP contribution in [-0.2, 0) is 0 Å². The van der Waals surface area contributed by atoms with Crippen LogP contribution in [0.4, 0.5) is 0 Å². The molecule has 0 aliphatic carbocycles. The van der Waals surface area contributed by atoms with Crippen LogP contribution in [-0.4, -0.2) is 19.4 Å². The summed E-state index contributed by atoms with van der Waals surface area (Å²) in [6.45, 7) is 6.97. The van der Waals surface area contributed by atoms with Crippen molar-refractivity contribution in [1.82, 2.24) is 5.43 Å². The van der Waals surface area contributed by atoms with Crippen LogP contribution in [0.1, 0.15) is 5.56 Å². The van der Waals surface area contributed by atoms with Crippen LogP contribution in [0.15, 0.2) is 29.4 Å². The molecule has 0 amide bonds. The largest absolute Gasteiger partial charge is 0.375 e. The van der Waals surface area contributed by atoms with E-state index in [2.05, 4.69) is 66.7 Å². The fraction of sp³-hybridized carbons (Fsp3) is 0.273. The third kappa shape index (κ3) is 4.12. The van der Waals surface area contributed by atoms with Crippen molar-refractivity contribution >= 4 is 36.8 Å². The van der Waals surface area contributed by atoms with Gasteiger partial charge >= 0.3 is 0 Å². The van der Waals surface area contributed by atoms with E-state index in [1.807, 2.05) is 0 Å². The summed E-state index contributed by atoms with van der Waals surface area (Å²) in [4.78, 5) is 0. The first-order valence-corrected chi connectivity index (χ1v) is 8.99. The molecular formula is C11H17N3SSi. The zero-order valence-corrected chi connectivity index (χ0v) is 11.6. The van der Waals surface area contributed by atoms with E-state index in [-0.39, 0.29) is 5.11 Å². The zero-order valence-electron chi connectivity index (χ0n) is 9.82. The molecule has 0 unspecified atom stereocenters. The second kappa shape index (κ2) is 5.22. The fourth-order valence-electron chi connectivity index (χ4n) is 1.24. The van der Waals surface area contributed by atoms with Gasteiger partial charge in [0.25, 0.3) is 0 Å². The molecule has 1 aromatic rings. The van der Waals surface area contributed by atoms with Gasteiger partial charge in [0.15, 0.2) is 5.11 Å². The minimum Gasteiger partial charge on any atom is -0.375 e. The maximum Gasteiger partial charge on any atom is 0.184 e. The van der Waals surface area contributed by atoms with Gasteiger partial charge in [0.1, 0.15) is 0 Å². The maximum absolute atomic E-state index is 5.25. The molecule has 16 heavy (non-hydrogen) atoms. The Morgan fingerprint density at radius 2 is 1.88 bits per heavy atom. The van der Waals surface area contributed by atoms with Crippen molar-refractivity contribution in [1.29, 1.82) is 0 Å². The quantitative estimate of drug-likeness (QED) is 0.369. The average molecular weight is 251 g/mol. The summed E-state index contributed by atoms with van der Waals surface area (Å²) in [6.07, 6.45) is 1.70. The van der Waals surface area contributed by atoms with Gasteiger partial charge in [0.2, 0.25) is 0 Å². The van der Waals surface area contributed by atoms with E-state index in [1.165, 1.54) is 5.19 Å². The summed E-state index contributed by atoms with van der Waals surface area (Å²) >= 11 is 4.64. The van der Waals surface area contributed by atoms with E-state index in [4.69, 9.17) is 5.73 Å². The van der Waals surface area contributed by atoms with Crippen LogP contribution in [0.3, 0.4) is 0 Å². The molecule has 0 spiro atoms. The number of nitrogens with one attached hydrogen (secondary N) is 1. The molecule has 0 bridgehead atoms. The molecule has 0 atom stereocenters. The molecular weight excluding hydrogens is 234 g/mol. The lowest BCUT2D eigenvalue weighted by Crippen LogP contribution is -2.37. The molecule has 0 radical (unpaired) electrons. The van der Waals surface area contributed by atoms with Gasteiger partial charge in [0, 0.05) is 0 Å². The van der Waals surface area contributed by atoms with Crippen LogP contribution in [0, 0.1) is 0 Å². The lowest BCUT2D eigenvalue weighted by molar-refractivity contribution is 1.04. The van der Waals surface area contributed by atoms with Gasteiger partial charge in [-0.25, -0.2) is 0 Å². The monoisotopic (exact) mass is 251 g/mol. The van der Waals surface area contributed by atoms with E-state index in [1.54, 1.807) is 6.21 Å². The SMILES string of the molecule is C[Si](C)(C)c1ccc(C=NNC(N)=S)cc1. The summed E-state index contributed by atoms with van der Waals surface area (Å²) in [5.41, 5.74) is 8.81. The Labute approximate surface area is 103 Å². The molecule has 3 N–H and O–H groups in total. The average Bonchev–Trinajstić information content (AvgIpc) is 2.16. The van der Waals surface area contributed by atoms with Gasteiger partial charge in [-0.2, -0.15) is 5.10 Å². The maximum atomic E-state index is 5.25. The standard InChI is InChI=1S/C11H17N3SSi/c1-16(2,3)10-6-4-9(5-7-10)8-13-14-11(12)15/h4-8H,1-3H3,(H3,12,14,15). The molecule has 0 aliphatic heterocycles. The lowest BCUT2D eigenvalue weighted by atomic mass is 10.2. The zero-order chi connectivity index (χ0) is 12.2. The van der Waals surface area contributed by atoms with Gasteiger partial charge in [-0.3, -0.25) is 5.43 Å². The van der Waals surface area contributed by atoms with Gasteiger partial charge < -0.3 is 5.73 Å². The molecule has 0 fully saturated rings. The Kier molecular flexibility index (Phi) is 4.20. The summed E-state index contributed by atoms with van der Waals surface area (Å²) in [7, 11) is -1.21. The lowest BCUT2D eigenvalue weighted by Gasteiger charge is -2.16. The first-order valence-electron chi connectivity index (χ1n) is 5.08. The Balaban J connectivity index is 2.72. The number of rotatable bonds is 3. The Morgan fingerprint density at radius 1 is 1.31 bits per heavy atom. The van der Waals surface area contributed by atoms with Gasteiger partial charge in [-0.15, -0.1) is 0 Å². The second-order valence-electron chi connectivity index (χ2n) is 4.61. The van der Waals surface area contributed by atoms with Crippen LogP contribution in [0.5, 0.6) is 0 Å². The van der Waals surface area contributed by atoms with Crippen molar-refractivity contribution in [2.24, 2.45) is 10.8 Å². The molecule has 3 nitrogen and oxygen atoms in total. The minimum atomic E-state index is -1.21. The molecule has 86 valence electrons. The number of hydrogen-bond acceptors (Lipinski definition) is 2. The molecule has 1 aromatic carbocycles. The normalized spacial score (nSPS) is 11.7. The molecule has 5 heteroatoms. The van der Waals surface area contributed by atoms with E-state index < -0.39 is 8.07 Å². The third-order valence-electron chi connectivity index (χ3n) is 2.17. The summed E-state index contributed by atoms with van der Waals surface area (Å²) in [5.74, 6) is 0. The highest BCUT2D eigenvalue weighted by Gasteiger charge is 2.15. The number of benzene rings is 1. The highest BCUT2D eigenvalue weighted by molar-refractivity contribution is 7.80. The predicted molar refractivity (Wildman–Crippen MR) is 76.9 cm³/mol. The Hall–Kier alpha value is -1.20. The van der Waals surface area contributed by atoms with Crippen molar-refractivity contribution in [3.8, 4) is 0 Å². The van der Waals surface area contributed by atoms with E-state index >= 15 is 0 Å². The van der Waals surface area contributed by atoms with E-state index in [9.17, 15) is 0 Å². The van der Waals surface area contributed by atoms with Crippen LogP contribution in [0.25, 0.3) is 0 Å². The summed E-state index contributed by atoms with van der Waals surface area (Å²) < 4.78 is 0. The molecule has 0 aromatic heterocycles. The smallest absolute Gasteiger partial charge is 0.184 e. The van der Waals surface area contributed by atoms with Crippen molar-refractivity contribution in [2.75, 3.05) is 0 Å². The second-order valence-corrected chi connectivity index (χ2v) is 10.1. The van der Waals surface area contributed by atoms with Gasteiger partial charge in [-0.05, 0) is 17.8 Å². The van der Waals surface area contributed by atoms with E-state index in [0.717, 1.165) is 5.56 Å². The molecule has 0 saturated carbocycles. The van der Waals surface area contributed by atoms with Crippen LogP contribution >= 0.6 is 12.2 Å². The summed E-state index contributed by atoms with van der Waals surface area (Å²) in [5, 5.41) is 5.52. The minimum absolute atomic E-state index is 0.176. The van der Waals surface area contributed by atoms with Crippen LogP contribution < -0.4 is 16.3 Å². The van der Waals surface area contributed by atoms with Gasteiger partial charge in [0.05, 0.1) is 14.3 Å². The van der Waals surface area contributed by atoms with Crippen molar-refractivity contribution in [3.05, 3.63) is 29.8 Å². The first kappa shape index (κ1) is 12.9. The number of nitrogens with two attached hydrogens (primary N) is 1. The molecule has 0 saturated heterocycles. The van der Waals surface area contributed by atoms with E-state index in [0.29, 0.717) is 0 Å². The number of nitrogens with zero attached hydrogens (tertiary/aromatic N) is 1. The Bertz CT molecular complexity index is 393. The van der Waals surface area contributed by atoms with Crippen molar-refractivity contribution in [2.45, 2.75) is 19.6 Å². The van der Waals surface area contributed by atoms with Crippen LogP contribution in [0.2, 0.25) is 19.6 Å². The number of hydrazone groups is 1. The molecule has 0 heterocycles. The fourth-order valence-corrected chi connectivity index (χ4v) is 2.46. The molecule has 1 rings (SSSR count). The Morgan fingerprint density at radius 3 is 2.31 bits per heavy atom. The van der Waals surface area contributed by atoms with Crippen molar-refractivity contribution in [3.63, 3.8) is 0 Å². The first-order chi connectivity index (χ1) is 7.39. The summed E-state index contributed by atoms with van der Waals surface area (Å²) in [6, 6.07) is 8.43. The highest BCUT2D eigenvalue weighted by Crippen LogP contribution is 2.03.